The van der Waals surface area contributed by atoms with Crippen LogP contribution in [0.5, 0.6) is 5.75 Å². The van der Waals surface area contributed by atoms with Crippen LogP contribution in [0.1, 0.15) is 6.42 Å². The number of carboxylic acid groups (broad SMARTS) is 1. The van der Waals surface area contributed by atoms with E-state index in [9.17, 15) is 9.59 Å². The Morgan fingerprint density at radius 2 is 2.00 bits per heavy atom. The van der Waals surface area contributed by atoms with Crippen molar-refractivity contribution in [3.63, 3.8) is 0 Å². The van der Waals surface area contributed by atoms with Gasteiger partial charge >= 0.3 is 12.1 Å². The van der Waals surface area contributed by atoms with Crippen molar-refractivity contribution in [2.45, 2.75) is 12.5 Å². The van der Waals surface area contributed by atoms with E-state index < -0.39 is 18.1 Å². The molecule has 1 atom stereocenters. The van der Waals surface area contributed by atoms with Crippen molar-refractivity contribution in [2.24, 2.45) is 0 Å². The number of nitrogens with zero attached hydrogens (tertiary/aromatic N) is 1. The molecule has 0 aromatic heterocycles. The van der Waals surface area contributed by atoms with Crippen molar-refractivity contribution in [1.29, 1.82) is 0 Å². The molecule has 1 aromatic rings. The molecule has 1 amide bonds. The van der Waals surface area contributed by atoms with Gasteiger partial charge in [0.05, 0.1) is 0 Å². The normalized spacial score (nSPS) is 11.7. The molecular weight excluding hydrogens is 266 g/mol. The molecule has 1 N–H and O–H groups in total. The van der Waals surface area contributed by atoms with Crippen LogP contribution < -0.4 is 4.74 Å². The van der Waals surface area contributed by atoms with E-state index in [-0.39, 0.29) is 0 Å². The van der Waals surface area contributed by atoms with Gasteiger partial charge in [0.1, 0.15) is 11.8 Å². The highest BCUT2D eigenvalue weighted by Gasteiger charge is 2.27. The first kappa shape index (κ1) is 15.4. The Morgan fingerprint density at radius 3 is 2.53 bits per heavy atom. The van der Waals surface area contributed by atoms with E-state index in [1.54, 1.807) is 30.3 Å². The molecule has 0 aliphatic rings. The van der Waals surface area contributed by atoms with Gasteiger partial charge in [-0.2, -0.15) is 11.8 Å². The summed E-state index contributed by atoms with van der Waals surface area (Å²) in [5.74, 6) is 0.0369. The van der Waals surface area contributed by atoms with Gasteiger partial charge in [-0.1, -0.05) is 18.2 Å². The predicted octanol–water partition coefficient (Wildman–Crippen LogP) is 2.32. The first-order valence-electron chi connectivity index (χ1n) is 5.77. The number of hydrogen-bond acceptors (Lipinski definition) is 4. The first-order chi connectivity index (χ1) is 9.06. The van der Waals surface area contributed by atoms with Crippen molar-refractivity contribution in [3.05, 3.63) is 30.3 Å². The smallest absolute Gasteiger partial charge is 0.415 e. The molecule has 0 radical (unpaired) electrons. The fraction of sp³-hybridized carbons (Fsp3) is 0.385. The zero-order valence-corrected chi connectivity index (χ0v) is 11.7. The fourth-order valence-electron chi connectivity index (χ4n) is 1.50. The zero-order chi connectivity index (χ0) is 14.3. The van der Waals surface area contributed by atoms with Gasteiger partial charge in [-0.25, -0.2) is 9.59 Å². The largest absolute Gasteiger partial charge is 0.480 e. The van der Waals surface area contributed by atoms with Gasteiger partial charge in [-0.05, 0) is 30.6 Å². The summed E-state index contributed by atoms with van der Waals surface area (Å²) in [4.78, 5) is 24.1. The van der Waals surface area contributed by atoms with E-state index in [0.717, 1.165) is 4.90 Å². The number of rotatable bonds is 6. The Bertz CT molecular complexity index is 424. The van der Waals surface area contributed by atoms with Crippen LogP contribution in [0.4, 0.5) is 4.79 Å². The molecule has 6 heteroatoms. The van der Waals surface area contributed by atoms with Gasteiger partial charge in [0.15, 0.2) is 0 Å². The van der Waals surface area contributed by atoms with Crippen molar-refractivity contribution in [1.82, 2.24) is 4.90 Å². The highest BCUT2D eigenvalue weighted by Crippen LogP contribution is 2.13. The Morgan fingerprint density at radius 1 is 1.37 bits per heavy atom. The lowest BCUT2D eigenvalue weighted by atomic mass is 10.2. The maximum atomic E-state index is 11.9. The molecule has 0 saturated carbocycles. The quantitative estimate of drug-likeness (QED) is 0.868. The number of amides is 1. The highest BCUT2D eigenvalue weighted by atomic mass is 32.2. The average Bonchev–Trinajstić information content (AvgIpc) is 2.39. The monoisotopic (exact) mass is 283 g/mol. The number of ether oxygens (including phenoxy) is 1. The molecule has 1 aromatic carbocycles. The first-order valence-corrected chi connectivity index (χ1v) is 7.17. The SMILES string of the molecule is CSCCC(C(=O)O)N(C)C(=O)Oc1ccccc1. The molecule has 0 bridgehead atoms. The number of para-hydroxylation sites is 1. The van der Waals surface area contributed by atoms with Crippen molar-refractivity contribution >= 4 is 23.8 Å². The van der Waals surface area contributed by atoms with E-state index >= 15 is 0 Å². The van der Waals surface area contributed by atoms with Crippen LogP contribution in [0.2, 0.25) is 0 Å². The molecule has 19 heavy (non-hydrogen) atoms. The molecule has 104 valence electrons. The summed E-state index contributed by atoms with van der Waals surface area (Å²) >= 11 is 1.54. The van der Waals surface area contributed by atoms with E-state index in [4.69, 9.17) is 9.84 Å². The Labute approximate surface area is 116 Å². The minimum Gasteiger partial charge on any atom is -0.480 e. The molecular formula is C13H17NO4S. The number of thioether (sulfide) groups is 1. The summed E-state index contributed by atoms with van der Waals surface area (Å²) in [5, 5.41) is 9.13. The molecule has 1 unspecified atom stereocenters. The summed E-state index contributed by atoms with van der Waals surface area (Å²) in [6.45, 7) is 0. The second-order valence-electron chi connectivity index (χ2n) is 3.93. The number of carbonyl (C=O) groups excluding carboxylic acids is 1. The number of carboxylic acids is 1. The summed E-state index contributed by atoms with van der Waals surface area (Å²) in [6, 6.07) is 7.70. The maximum absolute atomic E-state index is 11.9. The molecule has 0 spiro atoms. The van der Waals surface area contributed by atoms with Crippen LogP contribution in [0.3, 0.4) is 0 Å². The van der Waals surface area contributed by atoms with E-state index in [1.807, 2.05) is 6.26 Å². The molecule has 0 heterocycles. The third-order valence-electron chi connectivity index (χ3n) is 2.58. The van der Waals surface area contributed by atoms with Gasteiger partial charge in [-0.3, -0.25) is 4.90 Å². The number of hydrogen-bond donors (Lipinski definition) is 1. The third kappa shape index (κ3) is 4.82. The summed E-state index contributed by atoms with van der Waals surface area (Å²) < 4.78 is 5.10. The van der Waals surface area contributed by atoms with Gasteiger partial charge in [-0.15, -0.1) is 0 Å². The van der Waals surface area contributed by atoms with Gasteiger partial charge < -0.3 is 9.84 Å². The van der Waals surface area contributed by atoms with Crippen molar-refractivity contribution in [3.8, 4) is 5.75 Å². The Hall–Kier alpha value is -1.69. The molecule has 5 nitrogen and oxygen atoms in total. The van der Waals surface area contributed by atoms with Crippen LogP contribution in [-0.2, 0) is 4.79 Å². The maximum Gasteiger partial charge on any atom is 0.415 e. The number of aliphatic carboxylic acids is 1. The summed E-state index contributed by atoms with van der Waals surface area (Å²) in [5.41, 5.74) is 0. The van der Waals surface area contributed by atoms with E-state index in [1.165, 1.54) is 18.8 Å². The third-order valence-corrected chi connectivity index (χ3v) is 3.23. The molecule has 0 aliphatic heterocycles. The van der Waals surface area contributed by atoms with Crippen LogP contribution in [0.25, 0.3) is 0 Å². The number of likely N-dealkylation sites (N-methyl/N-ethyl adjacent to an activating group) is 1. The Kier molecular flexibility index (Phi) is 6.21. The fourth-order valence-corrected chi connectivity index (χ4v) is 1.96. The number of carbonyl (C=O) groups is 2. The standard InChI is InChI=1S/C13H17NO4S/c1-14(11(12(15)16)8-9-19-2)13(17)18-10-6-4-3-5-7-10/h3-7,11H,8-9H2,1-2H3,(H,15,16). The van der Waals surface area contributed by atoms with E-state index in [0.29, 0.717) is 17.9 Å². The van der Waals surface area contributed by atoms with Crippen LogP contribution >= 0.6 is 11.8 Å². The van der Waals surface area contributed by atoms with Crippen molar-refractivity contribution in [2.75, 3.05) is 19.1 Å². The summed E-state index contributed by atoms with van der Waals surface area (Å²) in [7, 11) is 1.43. The topological polar surface area (TPSA) is 66.8 Å². The molecule has 1 rings (SSSR count). The lowest BCUT2D eigenvalue weighted by Gasteiger charge is -2.23. The van der Waals surface area contributed by atoms with Crippen LogP contribution in [0, 0.1) is 0 Å². The molecule has 0 saturated heterocycles. The minimum atomic E-state index is -1.03. The minimum absolute atomic E-state index is 0.386. The Balaban J connectivity index is 2.65. The van der Waals surface area contributed by atoms with Crippen LogP contribution in [-0.4, -0.2) is 47.2 Å². The van der Waals surface area contributed by atoms with Gasteiger partial charge in [0.2, 0.25) is 0 Å². The molecule has 0 aliphatic carbocycles. The van der Waals surface area contributed by atoms with Crippen molar-refractivity contribution < 1.29 is 19.4 Å². The van der Waals surface area contributed by atoms with Gasteiger partial charge in [0, 0.05) is 7.05 Å². The highest BCUT2D eigenvalue weighted by molar-refractivity contribution is 7.98. The molecule has 0 fully saturated rings. The van der Waals surface area contributed by atoms with E-state index in [2.05, 4.69) is 0 Å². The number of benzene rings is 1. The lowest BCUT2D eigenvalue weighted by molar-refractivity contribution is -0.142. The second kappa shape index (κ2) is 7.68. The lowest BCUT2D eigenvalue weighted by Crippen LogP contribution is -2.44. The predicted molar refractivity (Wildman–Crippen MR) is 74.7 cm³/mol. The van der Waals surface area contributed by atoms with Crippen LogP contribution in [0.15, 0.2) is 30.3 Å². The summed E-state index contributed by atoms with van der Waals surface area (Å²) in [6.07, 6.45) is 1.61. The average molecular weight is 283 g/mol. The van der Waals surface area contributed by atoms with Gasteiger partial charge in [0.25, 0.3) is 0 Å². The second-order valence-corrected chi connectivity index (χ2v) is 4.91. The zero-order valence-electron chi connectivity index (χ0n) is 10.9.